The molecule has 0 fully saturated rings. The lowest BCUT2D eigenvalue weighted by molar-refractivity contribution is 0.102. The van der Waals surface area contributed by atoms with Crippen LogP contribution in [0.25, 0.3) is 0 Å². The van der Waals surface area contributed by atoms with Crippen LogP contribution in [0.2, 0.25) is 0 Å². The van der Waals surface area contributed by atoms with Crippen LogP contribution in [0, 0.1) is 18.6 Å². The minimum atomic E-state index is -0.746. The van der Waals surface area contributed by atoms with Crippen LogP contribution in [0.5, 0.6) is 0 Å². The van der Waals surface area contributed by atoms with Gasteiger partial charge in [0.2, 0.25) is 0 Å². The molecule has 0 atom stereocenters. The number of benzene rings is 2. The Morgan fingerprint density at radius 3 is 2.25 bits per heavy atom. The smallest absolute Gasteiger partial charge is 0.275 e. The highest BCUT2D eigenvalue weighted by Crippen LogP contribution is 2.28. The Morgan fingerprint density at radius 1 is 0.964 bits per heavy atom. The highest BCUT2D eigenvalue weighted by atomic mass is 19.1. The summed E-state index contributed by atoms with van der Waals surface area (Å²) in [6.07, 6.45) is 2.51. The van der Waals surface area contributed by atoms with Gasteiger partial charge in [0.25, 0.3) is 5.91 Å². The van der Waals surface area contributed by atoms with Crippen molar-refractivity contribution in [3.8, 4) is 0 Å². The zero-order valence-corrected chi connectivity index (χ0v) is 15.8. The molecular weight excluding hydrogens is 362 g/mol. The topological polar surface area (TPSA) is 66.9 Å². The Hall–Kier alpha value is -3.35. The van der Waals surface area contributed by atoms with E-state index in [9.17, 15) is 13.6 Å². The normalized spacial score (nSPS) is 10.8. The first-order valence-electron chi connectivity index (χ1n) is 8.80. The van der Waals surface area contributed by atoms with Gasteiger partial charge in [-0.2, -0.15) is 0 Å². The van der Waals surface area contributed by atoms with Gasteiger partial charge in [0.05, 0.1) is 12.4 Å². The Kier molecular flexibility index (Phi) is 5.63. The molecule has 3 aromatic rings. The average molecular weight is 382 g/mol. The van der Waals surface area contributed by atoms with E-state index in [1.165, 1.54) is 18.5 Å². The van der Waals surface area contributed by atoms with Crippen molar-refractivity contribution in [3.63, 3.8) is 0 Å². The second-order valence-corrected chi connectivity index (χ2v) is 6.66. The van der Waals surface area contributed by atoms with Crippen molar-refractivity contribution >= 4 is 23.1 Å². The van der Waals surface area contributed by atoms with Gasteiger partial charge in [-0.3, -0.25) is 4.79 Å². The molecular formula is C21H20F2N4O. The third-order valence-corrected chi connectivity index (χ3v) is 4.27. The van der Waals surface area contributed by atoms with Crippen LogP contribution in [0.1, 0.15) is 41.4 Å². The van der Waals surface area contributed by atoms with Gasteiger partial charge >= 0.3 is 0 Å². The molecule has 0 radical (unpaired) electrons. The average Bonchev–Trinajstić information content (AvgIpc) is 2.66. The number of carbonyl (C=O) groups excluding carboxylic acids is 1. The minimum Gasteiger partial charge on any atom is -0.334 e. The summed E-state index contributed by atoms with van der Waals surface area (Å²) in [5, 5.41) is 5.42. The van der Waals surface area contributed by atoms with Crippen molar-refractivity contribution in [1.29, 1.82) is 0 Å². The van der Waals surface area contributed by atoms with E-state index < -0.39 is 17.5 Å². The monoisotopic (exact) mass is 382 g/mol. The summed E-state index contributed by atoms with van der Waals surface area (Å²) in [4.78, 5) is 20.6. The minimum absolute atomic E-state index is 0.0949. The summed E-state index contributed by atoms with van der Waals surface area (Å²) in [6, 6.07) is 9.37. The van der Waals surface area contributed by atoms with Crippen LogP contribution >= 0.6 is 0 Å². The SMILES string of the molecule is Cc1cccc(C(C)C)c1NC(=O)c1cnc(Nc2c(F)cccc2F)cn1. The van der Waals surface area contributed by atoms with E-state index in [0.717, 1.165) is 28.9 Å². The van der Waals surface area contributed by atoms with Crippen LogP contribution in [0.3, 0.4) is 0 Å². The largest absolute Gasteiger partial charge is 0.334 e. The molecule has 2 aromatic carbocycles. The zero-order valence-electron chi connectivity index (χ0n) is 15.8. The van der Waals surface area contributed by atoms with Gasteiger partial charge in [0.1, 0.15) is 28.8 Å². The molecule has 0 spiro atoms. The highest BCUT2D eigenvalue weighted by Gasteiger charge is 2.15. The number of nitrogens with one attached hydrogen (secondary N) is 2. The molecule has 144 valence electrons. The van der Waals surface area contributed by atoms with Crippen molar-refractivity contribution in [1.82, 2.24) is 9.97 Å². The summed E-state index contributed by atoms with van der Waals surface area (Å²) in [6.45, 7) is 6.02. The Morgan fingerprint density at radius 2 is 1.64 bits per heavy atom. The van der Waals surface area contributed by atoms with E-state index in [0.29, 0.717) is 0 Å². The lowest BCUT2D eigenvalue weighted by Crippen LogP contribution is -2.16. The fraction of sp³-hybridized carbons (Fsp3) is 0.190. The second kappa shape index (κ2) is 8.12. The first-order valence-corrected chi connectivity index (χ1v) is 8.80. The summed E-state index contributed by atoms with van der Waals surface area (Å²) >= 11 is 0. The second-order valence-electron chi connectivity index (χ2n) is 6.66. The third kappa shape index (κ3) is 4.14. The molecule has 2 N–H and O–H groups in total. The zero-order chi connectivity index (χ0) is 20.3. The number of hydrogen-bond donors (Lipinski definition) is 2. The number of aromatic nitrogens is 2. The number of carbonyl (C=O) groups is 1. The van der Waals surface area contributed by atoms with Gasteiger partial charge in [-0.15, -0.1) is 0 Å². The molecule has 0 unspecified atom stereocenters. The molecule has 0 saturated carbocycles. The van der Waals surface area contributed by atoms with Crippen LogP contribution in [0.15, 0.2) is 48.8 Å². The summed E-state index contributed by atoms with van der Waals surface area (Å²) in [5.41, 5.74) is 2.49. The lowest BCUT2D eigenvalue weighted by atomic mass is 9.98. The van der Waals surface area contributed by atoms with Crippen LogP contribution < -0.4 is 10.6 Å². The Bertz CT molecular complexity index is 984. The number of aryl methyl sites for hydroxylation is 1. The number of amides is 1. The molecule has 0 aliphatic carbocycles. The lowest BCUT2D eigenvalue weighted by Gasteiger charge is -2.16. The Balaban J connectivity index is 1.78. The number of nitrogens with zero attached hydrogens (tertiary/aromatic N) is 2. The first-order chi connectivity index (χ1) is 13.4. The van der Waals surface area contributed by atoms with E-state index in [4.69, 9.17) is 0 Å². The fourth-order valence-corrected chi connectivity index (χ4v) is 2.78. The molecule has 1 heterocycles. The molecule has 0 bridgehead atoms. The number of rotatable bonds is 5. The molecule has 28 heavy (non-hydrogen) atoms. The maximum absolute atomic E-state index is 13.7. The van der Waals surface area contributed by atoms with E-state index in [-0.39, 0.29) is 23.1 Å². The van der Waals surface area contributed by atoms with Crippen LogP contribution in [-0.2, 0) is 0 Å². The van der Waals surface area contributed by atoms with Crippen LogP contribution in [-0.4, -0.2) is 15.9 Å². The van der Waals surface area contributed by atoms with Crippen molar-refractivity contribution in [2.75, 3.05) is 10.6 Å². The van der Waals surface area contributed by atoms with Crippen molar-refractivity contribution in [3.05, 3.63) is 77.2 Å². The quantitative estimate of drug-likeness (QED) is 0.638. The number of anilines is 3. The van der Waals surface area contributed by atoms with E-state index in [2.05, 4.69) is 20.6 Å². The van der Waals surface area contributed by atoms with E-state index >= 15 is 0 Å². The standard InChI is InChI=1S/C21H20F2N4O/c1-12(2)14-7-4-6-13(3)19(14)27-21(28)17-10-25-18(11-24-17)26-20-15(22)8-5-9-16(20)23/h4-12H,1-3H3,(H,25,26)(H,27,28). The van der Waals surface area contributed by atoms with Crippen LogP contribution in [0.4, 0.5) is 26.0 Å². The molecule has 3 rings (SSSR count). The number of para-hydroxylation sites is 2. The molecule has 1 aromatic heterocycles. The van der Waals surface area contributed by atoms with Crippen molar-refractivity contribution in [2.45, 2.75) is 26.7 Å². The highest BCUT2D eigenvalue weighted by molar-refractivity contribution is 6.03. The number of hydrogen-bond acceptors (Lipinski definition) is 4. The molecule has 5 nitrogen and oxygen atoms in total. The molecule has 1 amide bonds. The first kappa shape index (κ1) is 19.4. The third-order valence-electron chi connectivity index (χ3n) is 4.27. The number of halogens is 2. The van der Waals surface area contributed by atoms with E-state index in [1.807, 2.05) is 39.0 Å². The van der Waals surface area contributed by atoms with Gasteiger partial charge < -0.3 is 10.6 Å². The van der Waals surface area contributed by atoms with Gasteiger partial charge in [0, 0.05) is 5.69 Å². The van der Waals surface area contributed by atoms with Gasteiger partial charge in [-0.25, -0.2) is 18.7 Å². The van der Waals surface area contributed by atoms with Gasteiger partial charge in [-0.05, 0) is 36.1 Å². The fourth-order valence-electron chi connectivity index (χ4n) is 2.78. The molecule has 0 aliphatic rings. The summed E-state index contributed by atoms with van der Waals surface area (Å²) < 4.78 is 27.4. The Labute approximate surface area is 161 Å². The maximum atomic E-state index is 13.7. The summed E-state index contributed by atoms with van der Waals surface area (Å²) in [5.74, 6) is -1.54. The molecule has 0 aliphatic heterocycles. The van der Waals surface area contributed by atoms with Gasteiger partial charge in [0.15, 0.2) is 0 Å². The van der Waals surface area contributed by atoms with Crippen molar-refractivity contribution < 1.29 is 13.6 Å². The predicted molar refractivity (Wildman–Crippen MR) is 105 cm³/mol. The molecule has 7 heteroatoms. The maximum Gasteiger partial charge on any atom is 0.275 e. The summed E-state index contributed by atoms with van der Waals surface area (Å²) in [7, 11) is 0. The van der Waals surface area contributed by atoms with Crippen molar-refractivity contribution in [2.24, 2.45) is 0 Å². The van der Waals surface area contributed by atoms with Gasteiger partial charge in [-0.1, -0.05) is 38.1 Å². The predicted octanol–water partition coefficient (Wildman–Crippen LogP) is 5.18. The molecule has 0 saturated heterocycles. The van der Waals surface area contributed by atoms with E-state index in [1.54, 1.807) is 0 Å².